The Labute approximate surface area is 138 Å². The van der Waals surface area contributed by atoms with E-state index >= 15 is 0 Å². The topological polar surface area (TPSA) is 40.7 Å². The normalized spacial score (nSPS) is 17.4. The fraction of sp³-hybridized carbons (Fsp3) is 0.235. The summed E-state index contributed by atoms with van der Waals surface area (Å²) in [6.45, 7) is 0.841. The zero-order chi connectivity index (χ0) is 14.8. The third-order valence-corrected chi connectivity index (χ3v) is 5.99. The lowest BCUT2D eigenvalue weighted by Gasteiger charge is -2.26. The van der Waals surface area contributed by atoms with E-state index in [2.05, 4.69) is 57.3 Å². The van der Waals surface area contributed by atoms with Crippen molar-refractivity contribution in [1.82, 2.24) is 15.5 Å². The van der Waals surface area contributed by atoms with Crippen LogP contribution in [0.3, 0.4) is 0 Å². The van der Waals surface area contributed by atoms with Gasteiger partial charge in [-0.1, -0.05) is 24.3 Å². The first kappa shape index (κ1) is 14.1. The minimum absolute atomic E-state index is 0.434. The molecule has 4 rings (SSSR count). The Morgan fingerprint density at radius 1 is 1.23 bits per heavy atom. The predicted molar refractivity (Wildman–Crippen MR) is 93.3 cm³/mol. The molecule has 2 aromatic heterocycles. The van der Waals surface area contributed by atoms with Gasteiger partial charge in [0, 0.05) is 23.0 Å². The van der Waals surface area contributed by atoms with E-state index in [0.717, 1.165) is 12.2 Å². The van der Waals surface area contributed by atoms with Crippen LogP contribution in [-0.4, -0.2) is 16.0 Å². The Kier molecular flexibility index (Phi) is 4.01. The van der Waals surface area contributed by atoms with Gasteiger partial charge >= 0.3 is 0 Å². The Balaban J connectivity index is 1.52. The molecule has 1 aromatic carbocycles. The molecule has 0 amide bonds. The maximum absolute atomic E-state index is 4.22. The highest BCUT2D eigenvalue weighted by atomic mass is 32.2. The number of hydrogen-bond donors (Lipinski definition) is 2. The molecule has 0 saturated heterocycles. The lowest BCUT2D eigenvalue weighted by Crippen LogP contribution is -2.24. The van der Waals surface area contributed by atoms with E-state index < -0.39 is 0 Å². The summed E-state index contributed by atoms with van der Waals surface area (Å²) in [4.78, 5) is 2.66. The minimum atomic E-state index is 0.434. The number of thioether (sulfide) groups is 1. The molecule has 0 saturated carbocycles. The van der Waals surface area contributed by atoms with Gasteiger partial charge in [-0.25, -0.2) is 0 Å². The Morgan fingerprint density at radius 3 is 3.09 bits per heavy atom. The van der Waals surface area contributed by atoms with Gasteiger partial charge in [0.2, 0.25) is 0 Å². The number of thiophene rings is 1. The molecule has 0 radical (unpaired) electrons. The molecule has 22 heavy (non-hydrogen) atoms. The zero-order valence-corrected chi connectivity index (χ0v) is 13.7. The number of hydrogen-bond acceptors (Lipinski definition) is 4. The van der Waals surface area contributed by atoms with Crippen molar-refractivity contribution in [1.29, 1.82) is 0 Å². The SMILES string of the molecule is c1csc(-c2[nH]ncc2CN[C@H]2CCSc3ccccc32)c1. The molecule has 0 bridgehead atoms. The average molecular weight is 327 g/mol. The number of fused-ring (bicyclic) bond motifs is 1. The molecule has 1 aliphatic rings. The third-order valence-electron chi connectivity index (χ3n) is 3.98. The zero-order valence-electron chi connectivity index (χ0n) is 12.1. The second-order valence-electron chi connectivity index (χ2n) is 5.36. The third kappa shape index (κ3) is 2.72. The van der Waals surface area contributed by atoms with E-state index in [1.165, 1.54) is 33.1 Å². The average Bonchev–Trinajstić information content (AvgIpc) is 3.23. The van der Waals surface area contributed by atoms with Crippen LogP contribution in [0.5, 0.6) is 0 Å². The quantitative estimate of drug-likeness (QED) is 0.743. The van der Waals surface area contributed by atoms with E-state index in [-0.39, 0.29) is 0 Å². The number of rotatable bonds is 4. The molecule has 0 fully saturated rings. The van der Waals surface area contributed by atoms with Crippen LogP contribution in [0.2, 0.25) is 0 Å². The number of nitrogens with zero attached hydrogens (tertiary/aromatic N) is 1. The van der Waals surface area contributed by atoms with Crippen LogP contribution in [0.15, 0.2) is 52.9 Å². The fourth-order valence-electron chi connectivity index (χ4n) is 2.87. The first-order chi connectivity index (χ1) is 10.9. The van der Waals surface area contributed by atoms with Gasteiger partial charge in [-0.2, -0.15) is 5.10 Å². The summed E-state index contributed by atoms with van der Waals surface area (Å²) in [6.07, 6.45) is 3.11. The molecule has 112 valence electrons. The van der Waals surface area contributed by atoms with Crippen molar-refractivity contribution in [3.05, 3.63) is 59.1 Å². The molecule has 0 spiro atoms. The van der Waals surface area contributed by atoms with Gasteiger partial charge in [0.1, 0.15) is 0 Å². The highest BCUT2D eigenvalue weighted by Gasteiger charge is 2.20. The van der Waals surface area contributed by atoms with Crippen molar-refractivity contribution in [2.75, 3.05) is 5.75 Å². The second kappa shape index (κ2) is 6.28. The molecule has 1 atom stereocenters. The standard InChI is InChI=1S/C17H17N3S2/c1-2-5-15-13(4-1)14(7-9-22-15)18-10-12-11-19-20-17(12)16-6-3-8-21-16/h1-6,8,11,14,18H,7,9-10H2,(H,19,20)/t14-/m0/s1. The van der Waals surface area contributed by atoms with Gasteiger partial charge in [-0.05, 0) is 35.2 Å². The summed E-state index contributed by atoms with van der Waals surface area (Å²) in [5, 5.41) is 13.2. The van der Waals surface area contributed by atoms with Crippen LogP contribution in [0, 0.1) is 0 Å². The van der Waals surface area contributed by atoms with E-state index in [1.807, 2.05) is 18.0 Å². The first-order valence-corrected chi connectivity index (χ1v) is 9.29. The largest absolute Gasteiger partial charge is 0.306 e. The predicted octanol–water partition coefficient (Wildman–Crippen LogP) is 4.46. The molecule has 5 heteroatoms. The maximum Gasteiger partial charge on any atom is 0.0794 e. The maximum atomic E-state index is 4.22. The summed E-state index contributed by atoms with van der Waals surface area (Å²) >= 11 is 3.70. The fourth-order valence-corrected chi connectivity index (χ4v) is 4.75. The van der Waals surface area contributed by atoms with Crippen molar-refractivity contribution >= 4 is 23.1 Å². The molecule has 0 unspecified atom stereocenters. The molecule has 3 aromatic rings. The highest BCUT2D eigenvalue weighted by molar-refractivity contribution is 7.99. The summed E-state index contributed by atoms with van der Waals surface area (Å²) in [7, 11) is 0. The highest BCUT2D eigenvalue weighted by Crippen LogP contribution is 2.36. The van der Waals surface area contributed by atoms with E-state index in [9.17, 15) is 0 Å². The van der Waals surface area contributed by atoms with Crippen LogP contribution in [0.25, 0.3) is 10.6 Å². The second-order valence-corrected chi connectivity index (χ2v) is 7.44. The molecule has 3 nitrogen and oxygen atoms in total. The van der Waals surface area contributed by atoms with Crippen LogP contribution < -0.4 is 5.32 Å². The van der Waals surface area contributed by atoms with Crippen LogP contribution in [0.1, 0.15) is 23.6 Å². The van der Waals surface area contributed by atoms with E-state index in [4.69, 9.17) is 0 Å². The van der Waals surface area contributed by atoms with Crippen molar-refractivity contribution in [3.8, 4) is 10.6 Å². The molecular formula is C17H17N3S2. The molecule has 0 aliphatic carbocycles. The summed E-state index contributed by atoms with van der Waals surface area (Å²) < 4.78 is 0. The Hall–Kier alpha value is -1.56. The molecular weight excluding hydrogens is 310 g/mol. The number of aromatic nitrogens is 2. The number of H-pyrrole nitrogens is 1. The van der Waals surface area contributed by atoms with Gasteiger partial charge in [0.05, 0.1) is 16.8 Å². The minimum Gasteiger partial charge on any atom is -0.306 e. The van der Waals surface area contributed by atoms with Crippen molar-refractivity contribution in [2.45, 2.75) is 23.9 Å². The van der Waals surface area contributed by atoms with Gasteiger partial charge in [-0.15, -0.1) is 23.1 Å². The van der Waals surface area contributed by atoms with E-state index in [0.29, 0.717) is 6.04 Å². The van der Waals surface area contributed by atoms with Gasteiger partial charge in [0.15, 0.2) is 0 Å². The number of aromatic amines is 1. The Morgan fingerprint density at radius 2 is 2.18 bits per heavy atom. The summed E-state index contributed by atoms with van der Waals surface area (Å²) in [6, 6.07) is 13.4. The molecule has 1 aliphatic heterocycles. The van der Waals surface area contributed by atoms with Gasteiger partial charge < -0.3 is 5.32 Å². The summed E-state index contributed by atoms with van der Waals surface area (Å²) in [5.74, 6) is 1.18. The smallest absolute Gasteiger partial charge is 0.0794 e. The first-order valence-electron chi connectivity index (χ1n) is 7.43. The van der Waals surface area contributed by atoms with Crippen molar-refractivity contribution in [3.63, 3.8) is 0 Å². The van der Waals surface area contributed by atoms with Crippen LogP contribution in [0.4, 0.5) is 0 Å². The number of nitrogens with one attached hydrogen (secondary N) is 2. The monoisotopic (exact) mass is 327 g/mol. The number of benzene rings is 1. The molecule has 3 heterocycles. The van der Waals surface area contributed by atoms with E-state index in [1.54, 1.807) is 11.3 Å². The lowest BCUT2D eigenvalue weighted by molar-refractivity contribution is 0.510. The van der Waals surface area contributed by atoms with Crippen molar-refractivity contribution < 1.29 is 0 Å². The Bertz CT molecular complexity index is 749. The van der Waals surface area contributed by atoms with Crippen LogP contribution in [-0.2, 0) is 6.54 Å². The molecule has 2 N–H and O–H groups in total. The summed E-state index contributed by atoms with van der Waals surface area (Å²) in [5.41, 5.74) is 3.80. The van der Waals surface area contributed by atoms with Gasteiger partial charge in [0.25, 0.3) is 0 Å². The van der Waals surface area contributed by atoms with Crippen LogP contribution >= 0.6 is 23.1 Å². The van der Waals surface area contributed by atoms with Crippen molar-refractivity contribution in [2.24, 2.45) is 0 Å². The van der Waals surface area contributed by atoms with Gasteiger partial charge in [-0.3, -0.25) is 5.10 Å². The lowest BCUT2D eigenvalue weighted by atomic mass is 10.0.